The third-order valence-electron chi connectivity index (χ3n) is 3.33. The Morgan fingerprint density at radius 2 is 2.12 bits per heavy atom. The number of hydrogen-bond acceptors (Lipinski definition) is 4. The summed E-state index contributed by atoms with van der Waals surface area (Å²) in [7, 11) is 1.59. The van der Waals surface area contributed by atoms with Crippen LogP contribution in [0.5, 0.6) is 0 Å². The van der Waals surface area contributed by atoms with Gasteiger partial charge in [-0.2, -0.15) is 5.10 Å². The van der Waals surface area contributed by atoms with Gasteiger partial charge in [-0.05, 0) is 11.6 Å². The first-order valence-corrected chi connectivity index (χ1v) is 7.63. The van der Waals surface area contributed by atoms with Gasteiger partial charge >= 0.3 is 6.09 Å². The highest BCUT2D eigenvalue weighted by atomic mass is 16.6. The van der Waals surface area contributed by atoms with Gasteiger partial charge in [-0.15, -0.1) is 6.42 Å². The average Bonchev–Trinajstić information content (AvgIpc) is 3.05. The number of carbonyl (C=O) groups is 1. The summed E-state index contributed by atoms with van der Waals surface area (Å²) in [5.41, 5.74) is 1.69. The standard InChI is InChI=1S/C18H21N3O3/c1-3-10-21-11-9-17(19-21)14-20(12-13-23-2)18(22)24-15-16-7-5-4-6-8-16/h1,4-9,11H,10,12-15H2,2H3. The van der Waals surface area contributed by atoms with Crippen molar-refractivity contribution in [3.8, 4) is 12.3 Å². The SMILES string of the molecule is C#CCn1ccc(CN(CCOC)C(=O)OCc2ccccc2)n1. The summed E-state index contributed by atoms with van der Waals surface area (Å²) in [4.78, 5) is 13.9. The fraction of sp³-hybridized carbons (Fsp3) is 0.333. The van der Waals surface area contributed by atoms with Gasteiger partial charge in [0.2, 0.25) is 0 Å². The number of hydrogen-bond donors (Lipinski definition) is 0. The van der Waals surface area contributed by atoms with Gasteiger partial charge in [0.15, 0.2) is 0 Å². The third kappa shape index (κ3) is 5.45. The minimum Gasteiger partial charge on any atom is -0.445 e. The average molecular weight is 327 g/mol. The molecule has 0 aliphatic rings. The molecular weight excluding hydrogens is 306 g/mol. The Labute approximate surface area is 142 Å². The number of amides is 1. The molecule has 0 atom stereocenters. The van der Waals surface area contributed by atoms with E-state index in [1.807, 2.05) is 36.4 Å². The number of nitrogens with zero attached hydrogens (tertiary/aromatic N) is 3. The fourth-order valence-electron chi connectivity index (χ4n) is 2.11. The second kappa shape index (κ2) is 9.38. The lowest BCUT2D eigenvalue weighted by molar-refractivity contribution is 0.0791. The van der Waals surface area contributed by atoms with E-state index in [9.17, 15) is 4.79 Å². The van der Waals surface area contributed by atoms with Crippen molar-refractivity contribution in [2.24, 2.45) is 0 Å². The van der Waals surface area contributed by atoms with E-state index in [-0.39, 0.29) is 6.61 Å². The molecule has 2 aromatic rings. The van der Waals surface area contributed by atoms with E-state index in [1.54, 1.807) is 22.9 Å². The number of benzene rings is 1. The smallest absolute Gasteiger partial charge is 0.410 e. The monoisotopic (exact) mass is 327 g/mol. The van der Waals surface area contributed by atoms with Gasteiger partial charge < -0.3 is 9.47 Å². The predicted molar refractivity (Wildman–Crippen MR) is 90.0 cm³/mol. The van der Waals surface area contributed by atoms with Crippen LogP contribution in [-0.2, 0) is 29.2 Å². The summed E-state index contributed by atoms with van der Waals surface area (Å²) in [6.45, 7) is 1.82. The number of carbonyl (C=O) groups excluding carboxylic acids is 1. The van der Waals surface area contributed by atoms with Crippen molar-refractivity contribution in [3.05, 3.63) is 53.9 Å². The van der Waals surface area contributed by atoms with E-state index in [1.165, 1.54) is 0 Å². The first-order chi connectivity index (χ1) is 11.7. The highest BCUT2D eigenvalue weighted by Crippen LogP contribution is 2.07. The van der Waals surface area contributed by atoms with Crippen LogP contribution < -0.4 is 0 Å². The lowest BCUT2D eigenvalue weighted by Crippen LogP contribution is -2.34. The van der Waals surface area contributed by atoms with Crippen LogP contribution in [0.25, 0.3) is 0 Å². The molecule has 24 heavy (non-hydrogen) atoms. The van der Waals surface area contributed by atoms with Gasteiger partial charge in [-0.25, -0.2) is 4.79 Å². The van der Waals surface area contributed by atoms with Gasteiger partial charge in [0.1, 0.15) is 13.2 Å². The first-order valence-electron chi connectivity index (χ1n) is 7.63. The molecule has 0 fully saturated rings. The molecule has 0 bridgehead atoms. The largest absolute Gasteiger partial charge is 0.445 e. The molecule has 1 aromatic heterocycles. The van der Waals surface area contributed by atoms with Crippen molar-refractivity contribution >= 4 is 6.09 Å². The van der Waals surface area contributed by atoms with Crippen molar-refractivity contribution in [2.75, 3.05) is 20.3 Å². The van der Waals surface area contributed by atoms with Crippen LogP contribution in [0.15, 0.2) is 42.6 Å². The molecule has 0 saturated carbocycles. The summed E-state index contributed by atoms with van der Waals surface area (Å²) >= 11 is 0. The number of terminal acetylenes is 1. The number of rotatable bonds is 8. The molecule has 0 aliphatic carbocycles. The van der Waals surface area contributed by atoms with Crippen molar-refractivity contribution in [2.45, 2.75) is 19.7 Å². The van der Waals surface area contributed by atoms with Crippen molar-refractivity contribution in [1.29, 1.82) is 0 Å². The molecule has 6 heteroatoms. The summed E-state index contributed by atoms with van der Waals surface area (Å²) in [5, 5.41) is 4.33. The molecule has 0 radical (unpaired) electrons. The maximum atomic E-state index is 12.3. The number of ether oxygens (including phenoxy) is 2. The molecule has 6 nitrogen and oxygen atoms in total. The molecule has 2 rings (SSSR count). The summed E-state index contributed by atoms with van der Waals surface area (Å²) in [6.07, 6.45) is 6.66. The third-order valence-corrected chi connectivity index (χ3v) is 3.33. The zero-order valence-electron chi connectivity index (χ0n) is 13.7. The van der Waals surface area contributed by atoms with Gasteiger partial charge in [-0.1, -0.05) is 36.3 Å². The molecule has 0 saturated heterocycles. The lowest BCUT2D eigenvalue weighted by atomic mass is 10.2. The fourth-order valence-corrected chi connectivity index (χ4v) is 2.11. The van der Waals surface area contributed by atoms with E-state index in [2.05, 4.69) is 11.0 Å². The minimum absolute atomic E-state index is 0.231. The summed E-state index contributed by atoms with van der Waals surface area (Å²) < 4.78 is 12.1. The Morgan fingerprint density at radius 3 is 2.83 bits per heavy atom. The molecule has 0 spiro atoms. The molecule has 0 N–H and O–H groups in total. The molecule has 0 unspecified atom stereocenters. The Balaban J connectivity index is 1.95. The van der Waals surface area contributed by atoms with Crippen LogP contribution in [0.1, 0.15) is 11.3 Å². The highest BCUT2D eigenvalue weighted by molar-refractivity contribution is 5.67. The summed E-state index contributed by atoms with van der Waals surface area (Å²) in [6, 6.07) is 11.4. The Hall–Kier alpha value is -2.78. The number of aromatic nitrogens is 2. The van der Waals surface area contributed by atoms with Crippen LogP contribution in [0.3, 0.4) is 0 Å². The van der Waals surface area contributed by atoms with Crippen LogP contribution in [0.2, 0.25) is 0 Å². The van der Waals surface area contributed by atoms with Gasteiger partial charge in [0.05, 0.1) is 18.8 Å². The molecule has 1 heterocycles. The Bertz CT molecular complexity index is 676. The van der Waals surface area contributed by atoms with Crippen LogP contribution in [-0.4, -0.2) is 41.0 Å². The zero-order chi connectivity index (χ0) is 17.2. The minimum atomic E-state index is -0.401. The normalized spacial score (nSPS) is 10.2. The number of methoxy groups -OCH3 is 1. The maximum absolute atomic E-state index is 12.3. The van der Waals surface area contributed by atoms with Crippen LogP contribution in [0.4, 0.5) is 4.79 Å². The van der Waals surface area contributed by atoms with Crippen molar-refractivity contribution in [1.82, 2.24) is 14.7 Å². The maximum Gasteiger partial charge on any atom is 0.410 e. The Kier molecular flexibility index (Phi) is 6.87. The van der Waals surface area contributed by atoms with Crippen molar-refractivity contribution in [3.63, 3.8) is 0 Å². The molecule has 1 amide bonds. The highest BCUT2D eigenvalue weighted by Gasteiger charge is 2.16. The second-order valence-electron chi connectivity index (χ2n) is 5.16. The van der Waals surface area contributed by atoms with Crippen LogP contribution >= 0.6 is 0 Å². The summed E-state index contributed by atoms with van der Waals surface area (Å²) in [5.74, 6) is 2.52. The second-order valence-corrected chi connectivity index (χ2v) is 5.16. The van der Waals surface area contributed by atoms with Gasteiger partial charge in [0.25, 0.3) is 0 Å². The quantitative estimate of drug-likeness (QED) is 0.698. The lowest BCUT2D eigenvalue weighted by Gasteiger charge is -2.21. The van der Waals surface area contributed by atoms with E-state index in [4.69, 9.17) is 15.9 Å². The predicted octanol–water partition coefficient (Wildman–Crippen LogP) is 2.30. The van der Waals surface area contributed by atoms with Crippen LogP contribution in [0, 0.1) is 12.3 Å². The van der Waals surface area contributed by atoms with E-state index >= 15 is 0 Å². The van der Waals surface area contributed by atoms with E-state index < -0.39 is 6.09 Å². The topological polar surface area (TPSA) is 56.6 Å². The van der Waals surface area contributed by atoms with E-state index in [0.29, 0.717) is 26.2 Å². The van der Waals surface area contributed by atoms with E-state index in [0.717, 1.165) is 11.3 Å². The zero-order valence-corrected chi connectivity index (χ0v) is 13.7. The van der Waals surface area contributed by atoms with Gasteiger partial charge in [-0.3, -0.25) is 9.58 Å². The van der Waals surface area contributed by atoms with Crippen molar-refractivity contribution < 1.29 is 14.3 Å². The molecular formula is C18H21N3O3. The molecule has 126 valence electrons. The molecule has 0 aliphatic heterocycles. The first kappa shape index (κ1) is 17.6. The molecule has 1 aromatic carbocycles. The Morgan fingerprint density at radius 1 is 1.33 bits per heavy atom. The van der Waals surface area contributed by atoms with Gasteiger partial charge in [0, 0.05) is 19.9 Å².